The molecule has 1 aliphatic heterocycles. The van der Waals surface area contributed by atoms with Gasteiger partial charge in [-0.3, -0.25) is 0 Å². The van der Waals surface area contributed by atoms with Gasteiger partial charge in [0.2, 0.25) is 0 Å². The molecule has 1 aliphatic rings. The Hall–Kier alpha value is -2.32. The number of nitriles is 1. The van der Waals surface area contributed by atoms with Crippen molar-refractivity contribution >= 4 is 16.6 Å². The van der Waals surface area contributed by atoms with Crippen LogP contribution >= 0.6 is 0 Å². The third kappa shape index (κ3) is 1.96. The van der Waals surface area contributed by atoms with Crippen molar-refractivity contribution in [1.29, 1.82) is 5.26 Å². The zero-order valence-corrected chi connectivity index (χ0v) is 10.3. The minimum absolute atomic E-state index is 0.0567. The molecular formula is C14H14N4O. The molecule has 3 rings (SSSR count). The second-order valence-electron chi connectivity index (χ2n) is 4.83. The fraction of sp³-hybridized carbons (Fsp3) is 0.286. The Morgan fingerprint density at radius 1 is 1.42 bits per heavy atom. The first-order valence-electron chi connectivity index (χ1n) is 6.17. The maximum absolute atomic E-state index is 9.70. The average Bonchev–Trinajstić information content (AvgIpc) is 2.80. The van der Waals surface area contributed by atoms with Gasteiger partial charge in [-0.1, -0.05) is 12.1 Å². The van der Waals surface area contributed by atoms with Gasteiger partial charge in [0.1, 0.15) is 5.82 Å². The number of fused-ring (bicyclic) bond motifs is 1. The molecule has 0 saturated carbocycles. The number of hydrogen-bond donors (Lipinski definition) is 2. The highest BCUT2D eigenvalue weighted by Gasteiger charge is 2.31. The van der Waals surface area contributed by atoms with E-state index in [1.807, 2.05) is 24.3 Å². The van der Waals surface area contributed by atoms with E-state index < -0.39 is 6.10 Å². The van der Waals surface area contributed by atoms with Crippen molar-refractivity contribution in [3.8, 4) is 6.19 Å². The molecule has 5 heteroatoms. The van der Waals surface area contributed by atoms with Gasteiger partial charge in [-0.25, -0.2) is 4.98 Å². The minimum Gasteiger partial charge on any atom is -0.391 e. The molecule has 1 saturated heterocycles. The van der Waals surface area contributed by atoms with Crippen LogP contribution in [0.4, 0.5) is 5.82 Å². The summed E-state index contributed by atoms with van der Waals surface area (Å²) in [5.74, 6) is 0.507. The molecule has 0 amide bonds. The van der Waals surface area contributed by atoms with Crippen molar-refractivity contribution in [2.24, 2.45) is 0 Å². The fourth-order valence-corrected chi connectivity index (χ4v) is 2.67. The lowest BCUT2D eigenvalue weighted by Crippen LogP contribution is -2.18. The normalized spacial score (nSPS) is 22.6. The zero-order valence-electron chi connectivity index (χ0n) is 10.3. The number of aromatic nitrogens is 1. The molecule has 3 N–H and O–H groups in total. The predicted octanol–water partition coefficient (Wildman–Crippen LogP) is 1.41. The van der Waals surface area contributed by atoms with Crippen LogP contribution in [0, 0.1) is 11.5 Å². The summed E-state index contributed by atoms with van der Waals surface area (Å²) in [7, 11) is 0. The van der Waals surface area contributed by atoms with Crippen molar-refractivity contribution in [3.05, 3.63) is 36.0 Å². The minimum atomic E-state index is -0.442. The lowest BCUT2D eigenvalue weighted by molar-refractivity contribution is 0.186. The van der Waals surface area contributed by atoms with E-state index in [1.54, 1.807) is 11.1 Å². The van der Waals surface area contributed by atoms with Crippen molar-refractivity contribution in [3.63, 3.8) is 0 Å². The smallest absolute Gasteiger partial charge is 0.179 e. The Bertz CT molecular complexity index is 664. The highest BCUT2D eigenvalue weighted by molar-refractivity contribution is 5.91. The van der Waals surface area contributed by atoms with E-state index >= 15 is 0 Å². The monoisotopic (exact) mass is 254 g/mol. The van der Waals surface area contributed by atoms with E-state index in [1.165, 1.54) is 0 Å². The van der Waals surface area contributed by atoms with Gasteiger partial charge in [0, 0.05) is 18.0 Å². The van der Waals surface area contributed by atoms with Gasteiger partial charge >= 0.3 is 0 Å². The van der Waals surface area contributed by atoms with E-state index in [0.29, 0.717) is 18.8 Å². The number of benzene rings is 1. The molecule has 1 aromatic heterocycles. The van der Waals surface area contributed by atoms with Gasteiger partial charge in [0.15, 0.2) is 6.19 Å². The maximum Gasteiger partial charge on any atom is 0.179 e. The van der Waals surface area contributed by atoms with E-state index in [4.69, 9.17) is 11.0 Å². The number of pyridine rings is 1. The van der Waals surface area contributed by atoms with Gasteiger partial charge in [0.05, 0.1) is 18.7 Å². The summed E-state index contributed by atoms with van der Waals surface area (Å²) >= 11 is 0. The van der Waals surface area contributed by atoms with Crippen LogP contribution in [0.15, 0.2) is 30.5 Å². The van der Waals surface area contributed by atoms with E-state index in [-0.39, 0.29) is 6.04 Å². The van der Waals surface area contributed by atoms with Gasteiger partial charge in [-0.15, -0.1) is 0 Å². The van der Waals surface area contributed by atoms with Crippen LogP contribution in [-0.4, -0.2) is 27.6 Å². The summed E-state index contributed by atoms with van der Waals surface area (Å²) in [5.41, 5.74) is 6.85. The lowest BCUT2D eigenvalue weighted by atomic mass is 10.0. The van der Waals surface area contributed by atoms with Gasteiger partial charge in [0.25, 0.3) is 0 Å². The number of hydrogen-bond acceptors (Lipinski definition) is 5. The maximum atomic E-state index is 9.70. The highest BCUT2D eigenvalue weighted by Crippen LogP contribution is 2.33. The largest absolute Gasteiger partial charge is 0.391 e. The van der Waals surface area contributed by atoms with Gasteiger partial charge in [-0.2, -0.15) is 5.26 Å². The van der Waals surface area contributed by atoms with Crippen molar-refractivity contribution in [1.82, 2.24) is 9.88 Å². The molecular weight excluding hydrogens is 240 g/mol. The third-order valence-corrected chi connectivity index (χ3v) is 3.61. The summed E-state index contributed by atoms with van der Waals surface area (Å²) in [4.78, 5) is 5.67. The molecule has 19 heavy (non-hydrogen) atoms. The number of rotatable bonds is 1. The van der Waals surface area contributed by atoms with Crippen LogP contribution in [0.3, 0.4) is 0 Å². The predicted molar refractivity (Wildman–Crippen MR) is 71.8 cm³/mol. The Morgan fingerprint density at radius 3 is 3.05 bits per heavy atom. The number of aliphatic hydroxyl groups excluding tert-OH is 1. The van der Waals surface area contributed by atoms with Crippen LogP contribution in [-0.2, 0) is 0 Å². The average molecular weight is 254 g/mol. The Kier molecular flexibility index (Phi) is 2.73. The molecule has 96 valence electrons. The number of anilines is 1. The second kappa shape index (κ2) is 4.41. The molecule has 2 aromatic rings. The standard InChI is InChI=1S/C14H14N4O/c15-8-18-7-11(19)6-13(18)10-1-2-12-9(5-10)3-4-17-14(12)16/h1-5,11,13,19H,6-7H2,(H2,16,17)/t11-,13+/m0/s1. The van der Waals surface area contributed by atoms with Crippen molar-refractivity contribution < 1.29 is 5.11 Å². The van der Waals surface area contributed by atoms with E-state index in [2.05, 4.69) is 11.2 Å². The Morgan fingerprint density at radius 2 is 2.26 bits per heavy atom. The Balaban J connectivity index is 2.04. The summed E-state index contributed by atoms with van der Waals surface area (Å²) < 4.78 is 0. The van der Waals surface area contributed by atoms with Crippen molar-refractivity contribution in [2.75, 3.05) is 12.3 Å². The first kappa shape index (κ1) is 11.8. The highest BCUT2D eigenvalue weighted by atomic mass is 16.3. The molecule has 2 atom stereocenters. The van der Waals surface area contributed by atoms with E-state index in [9.17, 15) is 5.11 Å². The molecule has 0 radical (unpaired) electrons. The van der Waals surface area contributed by atoms with Crippen LogP contribution in [0.1, 0.15) is 18.0 Å². The molecule has 2 heterocycles. The number of aliphatic hydroxyl groups is 1. The molecule has 5 nitrogen and oxygen atoms in total. The number of nitrogen functional groups attached to an aromatic ring is 1. The number of nitrogens with zero attached hydrogens (tertiary/aromatic N) is 3. The quantitative estimate of drug-likeness (QED) is 0.751. The van der Waals surface area contributed by atoms with Gasteiger partial charge < -0.3 is 15.7 Å². The van der Waals surface area contributed by atoms with Crippen LogP contribution in [0.5, 0.6) is 0 Å². The lowest BCUT2D eigenvalue weighted by Gasteiger charge is -2.18. The fourth-order valence-electron chi connectivity index (χ4n) is 2.67. The summed E-state index contributed by atoms with van der Waals surface area (Å²) in [6.07, 6.45) is 3.95. The number of likely N-dealkylation sites (tertiary alicyclic amines) is 1. The van der Waals surface area contributed by atoms with Crippen LogP contribution < -0.4 is 5.73 Å². The van der Waals surface area contributed by atoms with E-state index in [0.717, 1.165) is 16.3 Å². The third-order valence-electron chi connectivity index (χ3n) is 3.61. The van der Waals surface area contributed by atoms with Crippen molar-refractivity contribution in [2.45, 2.75) is 18.6 Å². The second-order valence-corrected chi connectivity index (χ2v) is 4.83. The summed E-state index contributed by atoms with van der Waals surface area (Å²) in [5, 5.41) is 20.7. The molecule has 0 aliphatic carbocycles. The first-order valence-corrected chi connectivity index (χ1v) is 6.17. The SMILES string of the molecule is N#CN1C[C@@H](O)C[C@@H]1c1ccc2c(N)nccc2c1. The molecule has 1 fully saturated rings. The zero-order chi connectivity index (χ0) is 13.4. The van der Waals surface area contributed by atoms with Gasteiger partial charge in [-0.05, 0) is 23.1 Å². The molecule has 1 aromatic carbocycles. The van der Waals surface area contributed by atoms with Crippen LogP contribution in [0.2, 0.25) is 0 Å². The number of β-amino-alcohol motifs (C(OH)–C–C–N with tert-alkyl or cyclic N) is 1. The molecule has 0 unspecified atom stereocenters. The van der Waals surface area contributed by atoms with Crippen LogP contribution in [0.25, 0.3) is 10.8 Å². The molecule has 0 bridgehead atoms. The Labute approximate surface area is 110 Å². The first-order chi connectivity index (χ1) is 9.19. The molecule has 0 spiro atoms. The summed E-state index contributed by atoms with van der Waals surface area (Å²) in [6.45, 7) is 0.400. The summed E-state index contributed by atoms with van der Waals surface area (Å²) in [6, 6.07) is 7.73. The topological polar surface area (TPSA) is 86.2 Å². The number of nitrogens with two attached hydrogens (primary N) is 1.